The first-order chi connectivity index (χ1) is 11.5. The lowest BCUT2D eigenvalue weighted by atomic mass is 10.1. The molecule has 0 saturated heterocycles. The summed E-state index contributed by atoms with van der Waals surface area (Å²) in [6.45, 7) is 1.71. The lowest BCUT2D eigenvalue weighted by Gasteiger charge is -2.23. The number of aliphatic hydroxyl groups excluding tert-OH is 2. The molecule has 0 aromatic carbocycles. The van der Waals surface area contributed by atoms with Gasteiger partial charge in [0.15, 0.2) is 6.04 Å². The second kappa shape index (κ2) is 10.9. The minimum absolute atomic E-state index is 0.0281. The van der Waals surface area contributed by atoms with Crippen LogP contribution in [0.4, 0.5) is 0 Å². The molecule has 0 saturated carbocycles. The summed E-state index contributed by atoms with van der Waals surface area (Å²) < 4.78 is 0. The van der Waals surface area contributed by atoms with E-state index in [-0.39, 0.29) is 5.75 Å². The van der Waals surface area contributed by atoms with Crippen LogP contribution in [0.3, 0.4) is 0 Å². The van der Waals surface area contributed by atoms with Crippen molar-refractivity contribution in [2.45, 2.75) is 44.1 Å². The van der Waals surface area contributed by atoms with Crippen LogP contribution in [-0.4, -0.2) is 81.6 Å². The van der Waals surface area contributed by atoms with Crippen molar-refractivity contribution >= 4 is 36.3 Å². The van der Waals surface area contributed by atoms with Crippen LogP contribution in [0.15, 0.2) is 0 Å². The van der Waals surface area contributed by atoms with Gasteiger partial charge in [-0.2, -0.15) is 12.6 Å². The third-order valence-corrected chi connectivity index (χ3v) is 3.54. The van der Waals surface area contributed by atoms with E-state index >= 15 is 0 Å². The van der Waals surface area contributed by atoms with Gasteiger partial charge in [-0.05, 0) is 13.8 Å². The molecule has 0 aliphatic carbocycles. The minimum Gasteiger partial charge on any atom is -0.480 e. The molecular formula is C13H24N4O7S. The van der Waals surface area contributed by atoms with E-state index < -0.39 is 60.6 Å². The van der Waals surface area contributed by atoms with Crippen LogP contribution in [0.2, 0.25) is 0 Å². The standard InChI is InChI=1S/C13H24N4O7S/c1-5(10(20)17-9(6(2)19)13(23)24)15-12(22)8(3-18)16-11(21)7(14)4-25/h5-9,18-19,25H,3-4,14H2,1-2H3,(H,15,22)(H,16,21)(H,17,20)(H,23,24). The molecule has 0 aromatic heterocycles. The van der Waals surface area contributed by atoms with Crippen molar-refractivity contribution in [1.29, 1.82) is 0 Å². The predicted molar refractivity (Wildman–Crippen MR) is 89.7 cm³/mol. The van der Waals surface area contributed by atoms with E-state index in [0.29, 0.717) is 0 Å². The Bertz CT molecular complexity index is 503. The Labute approximate surface area is 149 Å². The maximum Gasteiger partial charge on any atom is 0.328 e. The summed E-state index contributed by atoms with van der Waals surface area (Å²) in [4.78, 5) is 46.4. The summed E-state index contributed by atoms with van der Waals surface area (Å²) in [6.07, 6.45) is -1.35. The molecule has 144 valence electrons. The molecule has 0 aliphatic rings. The summed E-state index contributed by atoms with van der Waals surface area (Å²) >= 11 is 3.84. The Kier molecular flexibility index (Phi) is 10.0. The average molecular weight is 380 g/mol. The van der Waals surface area contributed by atoms with E-state index in [0.717, 1.165) is 0 Å². The molecule has 0 spiro atoms. The number of nitrogens with two attached hydrogens (primary N) is 1. The number of nitrogens with one attached hydrogen (secondary N) is 3. The molecule has 0 bridgehead atoms. The fourth-order valence-electron chi connectivity index (χ4n) is 1.60. The first-order valence-corrected chi connectivity index (χ1v) is 7.97. The minimum atomic E-state index is -1.55. The first-order valence-electron chi connectivity index (χ1n) is 7.34. The van der Waals surface area contributed by atoms with E-state index in [1.54, 1.807) is 0 Å². The van der Waals surface area contributed by atoms with Crippen molar-refractivity contribution in [3.05, 3.63) is 0 Å². The Hall–Kier alpha value is -1.89. The summed E-state index contributed by atoms with van der Waals surface area (Å²) in [5.41, 5.74) is 5.44. The summed E-state index contributed by atoms with van der Waals surface area (Å²) in [5.74, 6) is -3.85. The zero-order chi connectivity index (χ0) is 19.7. The highest BCUT2D eigenvalue weighted by Crippen LogP contribution is 1.96. The predicted octanol–water partition coefficient (Wildman–Crippen LogP) is -3.82. The van der Waals surface area contributed by atoms with Crippen molar-refractivity contribution in [1.82, 2.24) is 16.0 Å². The number of carboxylic acids is 1. The number of carboxylic acid groups (broad SMARTS) is 1. The van der Waals surface area contributed by atoms with Gasteiger partial charge in [0.05, 0.1) is 18.8 Å². The number of rotatable bonds is 10. The Morgan fingerprint density at radius 2 is 1.60 bits per heavy atom. The third kappa shape index (κ3) is 7.69. The average Bonchev–Trinajstić information content (AvgIpc) is 2.54. The van der Waals surface area contributed by atoms with E-state index in [1.165, 1.54) is 13.8 Å². The lowest BCUT2D eigenvalue weighted by molar-refractivity contribution is -0.145. The number of amides is 3. The molecule has 25 heavy (non-hydrogen) atoms. The van der Waals surface area contributed by atoms with Gasteiger partial charge >= 0.3 is 5.97 Å². The molecule has 0 radical (unpaired) electrons. The van der Waals surface area contributed by atoms with Gasteiger partial charge in [-0.15, -0.1) is 0 Å². The molecule has 5 atom stereocenters. The van der Waals surface area contributed by atoms with E-state index in [4.69, 9.17) is 10.8 Å². The Morgan fingerprint density at radius 1 is 1.04 bits per heavy atom. The van der Waals surface area contributed by atoms with Gasteiger partial charge in [-0.25, -0.2) is 4.79 Å². The highest BCUT2D eigenvalue weighted by Gasteiger charge is 2.29. The molecule has 0 aliphatic heterocycles. The van der Waals surface area contributed by atoms with Gasteiger partial charge in [0.1, 0.15) is 12.1 Å². The SMILES string of the molecule is CC(NC(=O)C(CO)NC(=O)C(N)CS)C(=O)NC(C(=O)O)C(C)O. The van der Waals surface area contributed by atoms with Gasteiger partial charge in [0.25, 0.3) is 0 Å². The van der Waals surface area contributed by atoms with Gasteiger partial charge in [0, 0.05) is 5.75 Å². The number of hydrogen-bond donors (Lipinski definition) is 8. The molecule has 8 N–H and O–H groups in total. The molecule has 5 unspecified atom stereocenters. The second-order valence-electron chi connectivity index (χ2n) is 5.33. The Balaban J connectivity index is 4.76. The number of carbonyl (C=O) groups is 4. The van der Waals surface area contributed by atoms with Gasteiger partial charge in [0.2, 0.25) is 17.7 Å². The molecule has 3 amide bonds. The number of carbonyl (C=O) groups excluding carboxylic acids is 3. The van der Waals surface area contributed by atoms with Crippen LogP contribution in [0.5, 0.6) is 0 Å². The van der Waals surface area contributed by atoms with Crippen molar-refractivity contribution in [2.24, 2.45) is 5.73 Å². The fourth-order valence-corrected chi connectivity index (χ4v) is 1.77. The maximum absolute atomic E-state index is 12.0. The third-order valence-electron chi connectivity index (χ3n) is 3.15. The largest absolute Gasteiger partial charge is 0.480 e. The van der Waals surface area contributed by atoms with Crippen LogP contribution in [0.1, 0.15) is 13.8 Å². The summed E-state index contributed by atoms with van der Waals surface area (Å²) in [7, 11) is 0. The van der Waals surface area contributed by atoms with Crippen LogP contribution in [0.25, 0.3) is 0 Å². The topological polar surface area (TPSA) is 191 Å². The van der Waals surface area contributed by atoms with Crippen molar-refractivity contribution < 1.29 is 34.5 Å². The van der Waals surface area contributed by atoms with Crippen LogP contribution < -0.4 is 21.7 Å². The highest BCUT2D eigenvalue weighted by molar-refractivity contribution is 7.80. The highest BCUT2D eigenvalue weighted by atomic mass is 32.1. The van der Waals surface area contributed by atoms with E-state index in [1.807, 2.05) is 0 Å². The summed E-state index contributed by atoms with van der Waals surface area (Å²) in [6, 6.07) is -5.06. The first kappa shape index (κ1) is 23.1. The van der Waals surface area contributed by atoms with Crippen molar-refractivity contribution in [2.75, 3.05) is 12.4 Å². The fraction of sp³-hybridized carbons (Fsp3) is 0.692. The van der Waals surface area contributed by atoms with Gasteiger partial charge < -0.3 is 37.0 Å². The van der Waals surface area contributed by atoms with Crippen LogP contribution in [-0.2, 0) is 19.2 Å². The molecule has 0 heterocycles. The lowest BCUT2D eigenvalue weighted by Crippen LogP contribution is -2.58. The number of hydrogen-bond acceptors (Lipinski definition) is 8. The molecular weight excluding hydrogens is 356 g/mol. The number of aliphatic hydroxyl groups is 2. The maximum atomic E-state index is 12.0. The normalized spacial score (nSPS) is 16.7. The smallest absolute Gasteiger partial charge is 0.328 e. The van der Waals surface area contributed by atoms with E-state index in [2.05, 4.69) is 28.6 Å². The van der Waals surface area contributed by atoms with Crippen molar-refractivity contribution in [3.63, 3.8) is 0 Å². The van der Waals surface area contributed by atoms with Crippen LogP contribution >= 0.6 is 12.6 Å². The molecule has 12 heteroatoms. The van der Waals surface area contributed by atoms with Crippen LogP contribution in [0, 0.1) is 0 Å². The Morgan fingerprint density at radius 3 is 2.00 bits per heavy atom. The van der Waals surface area contributed by atoms with Crippen molar-refractivity contribution in [3.8, 4) is 0 Å². The zero-order valence-corrected chi connectivity index (χ0v) is 14.7. The van der Waals surface area contributed by atoms with Gasteiger partial charge in [-0.3, -0.25) is 14.4 Å². The number of aliphatic carboxylic acids is 1. The molecule has 0 fully saturated rings. The monoisotopic (exact) mass is 380 g/mol. The van der Waals surface area contributed by atoms with Gasteiger partial charge in [-0.1, -0.05) is 0 Å². The zero-order valence-electron chi connectivity index (χ0n) is 13.8. The summed E-state index contributed by atoms with van der Waals surface area (Å²) in [5, 5.41) is 33.9. The quantitative estimate of drug-likeness (QED) is 0.177. The molecule has 11 nitrogen and oxygen atoms in total. The van der Waals surface area contributed by atoms with E-state index in [9.17, 15) is 29.4 Å². The number of thiol groups is 1. The second-order valence-corrected chi connectivity index (χ2v) is 5.69. The molecule has 0 aromatic rings. The molecule has 0 rings (SSSR count).